The average Bonchev–Trinajstić information content (AvgIpc) is 2.56. The maximum absolute atomic E-state index is 12.4. The normalized spacial score (nSPS) is 25.4. The predicted molar refractivity (Wildman–Crippen MR) is 101 cm³/mol. The highest BCUT2D eigenvalue weighted by Crippen LogP contribution is 2.23. The largest absolute Gasteiger partial charge is 0.393 e. The van der Waals surface area contributed by atoms with Crippen molar-refractivity contribution in [3.05, 3.63) is 35.9 Å². The molecule has 1 aromatic carbocycles. The van der Waals surface area contributed by atoms with Gasteiger partial charge in [-0.2, -0.15) is 0 Å². The highest BCUT2D eigenvalue weighted by Gasteiger charge is 2.33. The molecular formula is C20H33N3O2. The number of benzene rings is 1. The summed E-state index contributed by atoms with van der Waals surface area (Å²) in [7, 11) is 1.79. The van der Waals surface area contributed by atoms with Crippen molar-refractivity contribution in [3.8, 4) is 0 Å². The Morgan fingerprint density at radius 2 is 1.88 bits per heavy atom. The first-order valence-electron chi connectivity index (χ1n) is 9.32. The van der Waals surface area contributed by atoms with E-state index < -0.39 is 0 Å². The molecule has 1 aliphatic rings. The number of aliphatic hydroxyl groups excluding tert-OH is 1. The van der Waals surface area contributed by atoms with Gasteiger partial charge in [-0.25, -0.2) is 4.79 Å². The van der Waals surface area contributed by atoms with Crippen LogP contribution in [0.2, 0.25) is 0 Å². The molecule has 5 nitrogen and oxygen atoms in total. The van der Waals surface area contributed by atoms with Crippen LogP contribution in [-0.4, -0.2) is 59.8 Å². The van der Waals surface area contributed by atoms with Crippen LogP contribution < -0.4 is 5.32 Å². The quantitative estimate of drug-likeness (QED) is 0.831. The topological polar surface area (TPSA) is 55.8 Å². The van der Waals surface area contributed by atoms with Crippen LogP contribution in [0.3, 0.4) is 0 Å². The molecule has 1 aromatic rings. The molecule has 1 aliphatic heterocycles. The van der Waals surface area contributed by atoms with Crippen molar-refractivity contribution in [2.45, 2.75) is 45.9 Å². The molecule has 2 amide bonds. The third-order valence-corrected chi connectivity index (χ3v) is 5.09. The first-order valence-corrected chi connectivity index (χ1v) is 9.32. The van der Waals surface area contributed by atoms with E-state index in [1.807, 2.05) is 6.07 Å². The molecule has 0 aromatic heterocycles. The van der Waals surface area contributed by atoms with Gasteiger partial charge in [0.1, 0.15) is 0 Å². The van der Waals surface area contributed by atoms with Gasteiger partial charge in [-0.1, -0.05) is 44.2 Å². The van der Waals surface area contributed by atoms with Crippen LogP contribution in [0.15, 0.2) is 30.3 Å². The Kier molecular flexibility index (Phi) is 7.26. The summed E-state index contributed by atoms with van der Waals surface area (Å²) in [4.78, 5) is 16.6. The third-order valence-electron chi connectivity index (χ3n) is 5.09. The summed E-state index contributed by atoms with van der Waals surface area (Å²) in [6.07, 6.45) is 0.221. The molecule has 0 bridgehead atoms. The maximum Gasteiger partial charge on any atom is 0.317 e. The van der Waals surface area contributed by atoms with Crippen LogP contribution in [0.4, 0.5) is 4.79 Å². The molecular weight excluding hydrogens is 314 g/mol. The van der Waals surface area contributed by atoms with Crippen molar-refractivity contribution in [2.24, 2.45) is 11.8 Å². The first-order chi connectivity index (χ1) is 11.9. The summed E-state index contributed by atoms with van der Waals surface area (Å²) in [6.45, 7) is 9.69. The molecule has 1 fully saturated rings. The van der Waals surface area contributed by atoms with E-state index in [1.165, 1.54) is 5.56 Å². The molecule has 25 heavy (non-hydrogen) atoms. The zero-order chi connectivity index (χ0) is 18.4. The van der Waals surface area contributed by atoms with Gasteiger partial charge in [0, 0.05) is 39.3 Å². The second-order valence-electron chi connectivity index (χ2n) is 7.67. The van der Waals surface area contributed by atoms with Crippen LogP contribution in [0.1, 0.15) is 32.8 Å². The number of nitrogens with one attached hydrogen (secondary N) is 1. The van der Waals surface area contributed by atoms with E-state index in [2.05, 4.69) is 48.3 Å². The Morgan fingerprint density at radius 3 is 2.44 bits per heavy atom. The van der Waals surface area contributed by atoms with E-state index in [4.69, 9.17) is 0 Å². The monoisotopic (exact) mass is 347 g/mol. The molecule has 2 N–H and O–H groups in total. The SMILES string of the molecule is CC(O)CCN(C)C(=O)NC1C(C)CN(Cc2ccccc2)CC1C. The van der Waals surface area contributed by atoms with Gasteiger partial charge in [-0.15, -0.1) is 0 Å². The van der Waals surface area contributed by atoms with E-state index in [0.717, 1.165) is 19.6 Å². The number of rotatable bonds is 6. The lowest BCUT2D eigenvalue weighted by atomic mass is 9.85. The zero-order valence-corrected chi connectivity index (χ0v) is 16.0. The van der Waals surface area contributed by atoms with Crippen molar-refractivity contribution < 1.29 is 9.90 Å². The Balaban J connectivity index is 1.86. The number of urea groups is 1. The summed E-state index contributed by atoms with van der Waals surface area (Å²) in [5.74, 6) is 0.808. The summed E-state index contributed by atoms with van der Waals surface area (Å²) in [6, 6.07) is 10.7. The van der Waals surface area contributed by atoms with Gasteiger partial charge in [0.25, 0.3) is 0 Å². The minimum absolute atomic E-state index is 0.0409. The summed E-state index contributed by atoms with van der Waals surface area (Å²) < 4.78 is 0. The van der Waals surface area contributed by atoms with Crippen molar-refractivity contribution >= 4 is 6.03 Å². The fraction of sp³-hybridized carbons (Fsp3) is 0.650. The van der Waals surface area contributed by atoms with Gasteiger partial charge in [-0.3, -0.25) is 4.90 Å². The molecule has 0 aliphatic carbocycles. The number of nitrogens with zero attached hydrogens (tertiary/aromatic N) is 2. The fourth-order valence-corrected chi connectivity index (χ4v) is 3.67. The standard InChI is InChI=1S/C20H33N3O2/c1-15-12-23(14-18-8-6-5-7-9-18)13-16(2)19(15)21-20(25)22(4)11-10-17(3)24/h5-9,15-17,19,24H,10-14H2,1-4H3,(H,21,25). The molecule has 5 heteroatoms. The first kappa shape index (κ1) is 19.7. The Morgan fingerprint density at radius 1 is 1.28 bits per heavy atom. The zero-order valence-electron chi connectivity index (χ0n) is 16.0. The lowest BCUT2D eigenvalue weighted by molar-refractivity contribution is 0.0935. The smallest absolute Gasteiger partial charge is 0.317 e. The molecule has 140 valence electrons. The number of aliphatic hydroxyl groups is 1. The molecule has 3 unspecified atom stereocenters. The fourth-order valence-electron chi connectivity index (χ4n) is 3.67. The summed E-state index contributed by atoms with van der Waals surface area (Å²) >= 11 is 0. The van der Waals surface area contributed by atoms with Crippen molar-refractivity contribution in [2.75, 3.05) is 26.7 Å². The molecule has 2 rings (SSSR count). The van der Waals surface area contributed by atoms with Crippen LogP contribution in [0.5, 0.6) is 0 Å². The number of carbonyl (C=O) groups excluding carboxylic acids is 1. The van der Waals surface area contributed by atoms with Crippen LogP contribution in [0.25, 0.3) is 0 Å². The third kappa shape index (κ3) is 6.01. The highest BCUT2D eigenvalue weighted by atomic mass is 16.3. The number of hydrogen-bond donors (Lipinski definition) is 2. The predicted octanol–water partition coefficient (Wildman–Crippen LogP) is 2.56. The molecule has 0 saturated carbocycles. The van der Waals surface area contributed by atoms with E-state index >= 15 is 0 Å². The number of piperidine rings is 1. The average molecular weight is 348 g/mol. The van der Waals surface area contributed by atoms with E-state index in [1.54, 1.807) is 18.9 Å². The second-order valence-corrected chi connectivity index (χ2v) is 7.67. The van der Waals surface area contributed by atoms with Gasteiger partial charge in [-0.05, 0) is 30.7 Å². The molecule has 1 heterocycles. The molecule has 0 spiro atoms. The summed E-state index contributed by atoms with van der Waals surface area (Å²) in [5.41, 5.74) is 1.34. The van der Waals surface area contributed by atoms with E-state index in [0.29, 0.717) is 24.8 Å². The van der Waals surface area contributed by atoms with Crippen LogP contribution >= 0.6 is 0 Å². The lowest BCUT2D eigenvalue weighted by Crippen LogP contribution is -2.56. The Labute approximate surface area is 152 Å². The van der Waals surface area contributed by atoms with Gasteiger partial charge in [0.05, 0.1) is 6.10 Å². The number of carbonyl (C=O) groups is 1. The van der Waals surface area contributed by atoms with Crippen LogP contribution in [-0.2, 0) is 6.54 Å². The molecule has 3 atom stereocenters. The van der Waals surface area contributed by atoms with E-state index in [-0.39, 0.29) is 18.2 Å². The van der Waals surface area contributed by atoms with Crippen LogP contribution in [0, 0.1) is 11.8 Å². The maximum atomic E-state index is 12.4. The number of likely N-dealkylation sites (tertiary alicyclic amines) is 1. The molecule has 0 radical (unpaired) electrons. The van der Waals surface area contributed by atoms with Crippen molar-refractivity contribution in [3.63, 3.8) is 0 Å². The lowest BCUT2D eigenvalue weighted by Gasteiger charge is -2.42. The second kappa shape index (κ2) is 9.20. The Hall–Kier alpha value is -1.59. The van der Waals surface area contributed by atoms with E-state index in [9.17, 15) is 9.90 Å². The van der Waals surface area contributed by atoms with Crippen molar-refractivity contribution in [1.82, 2.24) is 15.1 Å². The van der Waals surface area contributed by atoms with Gasteiger partial charge in [0.2, 0.25) is 0 Å². The minimum Gasteiger partial charge on any atom is -0.393 e. The number of amides is 2. The minimum atomic E-state index is -0.380. The number of hydrogen-bond acceptors (Lipinski definition) is 3. The van der Waals surface area contributed by atoms with Gasteiger partial charge >= 0.3 is 6.03 Å². The summed E-state index contributed by atoms with van der Waals surface area (Å²) in [5, 5.41) is 12.6. The highest BCUT2D eigenvalue weighted by molar-refractivity contribution is 5.74. The van der Waals surface area contributed by atoms with Gasteiger partial charge in [0.15, 0.2) is 0 Å². The van der Waals surface area contributed by atoms with Crippen molar-refractivity contribution in [1.29, 1.82) is 0 Å². The van der Waals surface area contributed by atoms with Gasteiger partial charge < -0.3 is 15.3 Å². The Bertz CT molecular complexity index is 523. The molecule has 1 saturated heterocycles.